The lowest BCUT2D eigenvalue weighted by Crippen LogP contribution is -2.69. The monoisotopic (exact) mass is 460 g/mol. The zero-order chi connectivity index (χ0) is 23.5. The van der Waals surface area contributed by atoms with Gasteiger partial charge in [0.05, 0.1) is 19.4 Å². The van der Waals surface area contributed by atoms with Crippen molar-refractivity contribution < 1.29 is 71.7 Å². The summed E-state index contributed by atoms with van der Waals surface area (Å²) in [6.07, 6.45) is -7.49. The summed E-state index contributed by atoms with van der Waals surface area (Å²) in [6.45, 7) is -1.83. The van der Waals surface area contributed by atoms with Crippen molar-refractivity contribution in [2.24, 2.45) is 0 Å². The van der Waals surface area contributed by atoms with Crippen LogP contribution >= 0.6 is 0 Å². The van der Waals surface area contributed by atoms with E-state index in [-0.39, 0.29) is 6.61 Å². The van der Waals surface area contributed by atoms with Gasteiger partial charge in [-0.1, -0.05) is 0 Å². The van der Waals surface area contributed by atoms with Gasteiger partial charge in [-0.25, -0.2) is 8.78 Å². The molecule has 0 saturated heterocycles. The van der Waals surface area contributed by atoms with E-state index in [1.807, 2.05) is 0 Å². The summed E-state index contributed by atoms with van der Waals surface area (Å²) in [5.41, 5.74) is 0. The highest BCUT2D eigenvalue weighted by atomic mass is 19.4. The molecule has 0 unspecified atom stereocenters. The van der Waals surface area contributed by atoms with Gasteiger partial charge < -0.3 is 9.47 Å². The molecule has 0 N–H and O–H groups in total. The van der Waals surface area contributed by atoms with Crippen molar-refractivity contribution in [3.05, 3.63) is 0 Å². The van der Waals surface area contributed by atoms with Crippen LogP contribution in [0.15, 0.2) is 0 Å². The maximum atomic E-state index is 13.3. The first-order valence-electron chi connectivity index (χ1n) is 7.28. The number of alkyl halides is 12. The van der Waals surface area contributed by atoms with Gasteiger partial charge in [0, 0.05) is 0 Å². The quantitative estimate of drug-likeness (QED) is 0.341. The molecule has 0 spiro atoms. The Morgan fingerprint density at radius 1 is 0.724 bits per heavy atom. The van der Waals surface area contributed by atoms with Crippen LogP contribution in [0.2, 0.25) is 0 Å². The lowest BCUT2D eigenvalue weighted by Gasteiger charge is -2.38. The Balaban J connectivity index is 5.43. The number of halogens is 12. The van der Waals surface area contributed by atoms with E-state index in [1.165, 1.54) is 6.92 Å². The summed E-state index contributed by atoms with van der Waals surface area (Å²) in [4.78, 5) is 21.9. The second-order valence-corrected chi connectivity index (χ2v) is 5.32. The smallest absolute Gasteiger partial charge is 0.384 e. The molecule has 0 aromatic heterocycles. The molecule has 0 bridgehead atoms. The fourth-order valence-electron chi connectivity index (χ4n) is 1.54. The standard InChI is InChI=1S/C13H12F12O4/c1-2-28-6(26)3-4-7(27)29-5-9(16,17)11(20,21)13(24,25)12(22,23)10(18,19)8(14)15/h8H,2-5H2,1H3. The van der Waals surface area contributed by atoms with E-state index >= 15 is 0 Å². The summed E-state index contributed by atoms with van der Waals surface area (Å²) in [5.74, 6) is -39.1. The van der Waals surface area contributed by atoms with Gasteiger partial charge in [0.2, 0.25) is 0 Å². The van der Waals surface area contributed by atoms with Crippen LogP contribution in [-0.4, -0.2) is 61.2 Å². The molecule has 0 amide bonds. The van der Waals surface area contributed by atoms with E-state index in [9.17, 15) is 62.3 Å². The Kier molecular flexibility index (Phi) is 8.27. The fourth-order valence-corrected chi connectivity index (χ4v) is 1.54. The lowest BCUT2D eigenvalue weighted by atomic mass is 9.94. The first-order chi connectivity index (χ1) is 12.8. The molecule has 29 heavy (non-hydrogen) atoms. The number of ether oxygens (including phenoxy) is 2. The van der Waals surface area contributed by atoms with Crippen molar-refractivity contribution in [1.82, 2.24) is 0 Å². The number of carbonyl (C=O) groups is 2. The SMILES string of the molecule is CCOC(=O)CCC(=O)OCC(F)(F)C(F)(F)C(F)(F)C(F)(F)C(F)(F)C(F)F. The highest BCUT2D eigenvalue weighted by Gasteiger charge is 2.87. The molecule has 0 aliphatic rings. The summed E-state index contributed by atoms with van der Waals surface area (Å²) in [5, 5.41) is 0. The molecule has 0 saturated carbocycles. The molecule has 172 valence electrons. The molecule has 0 fully saturated rings. The first kappa shape index (κ1) is 27.1. The zero-order valence-corrected chi connectivity index (χ0v) is 14.1. The fraction of sp³-hybridized carbons (Fsp3) is 0.846. The normalized spacial score (nSPS) is 14.1. The third-order valence-electron chi connectivity index (χ3n) is 3.19. The van der Waals surface area contributed by atoms with Crippen molar-refractivity contribution in [3.63, 3.8) is 0 Å². The molecular formula is C13H12F12O4. The van der Waals surface area contributed by atoms with E-state index in [2.05, 4.69) is 9.47 Å². The topological polar surface area (TPSA) is 52.6 Å². The average Bonchev–Trinajstić information content (AvgIpc) is 2.57. The Bertz CT molecular complexity index is 590. The maximum Gasteiger partial charge on any atom is 0.384 e. The van der Waals surface area contributed by atoms with Crippen molar-refractivity contribution in [1.29, 1.82) is 0 Å². The molecule has 0 radical (unpaired) electrons. The summed E-state index contributed by atoms with van der Waals surface area (Å²) in [7, 11) is 0. The van der Waals surface area contributed by atoms with Crippen LogP contribution in [0.4, 0.5) is 52.7 Å². The van der Waals surface area contributed by atoms with Crippen molar-refractivity contribution >= 4 is 11.9 Å². The summed E-state index contributed by atoms with van der Waals surface area (Å²) in [6, 6.07) is 0. The number of hydrogen-bond acceptors (Lipinski definition) is 4. The second-order valence-electron chi connectivity index (χ2n) is 5.32. The Labute approximate surface area is 154 Å². The Morgan fingerprint density at radius 3 is 1.52 bits per heavy atom. The molecule has 0 rings (SSSR count). The molecule has 4 nitrogen and oxygen atoms in total. The molecule has 0 aliphatic carbocycles. The molecular weight excluding hydrogens is 448 g/mol. The van der Waals surface area contributed by atoms with Crippen LogP contribution in [0.5, 0.6) is 0 Å². The Hall–Kier alpha value is -1.90. The van der Waals surface area contributed by atoms with Crippen LogP contribution in [-0.2, 0) is 19.1 Å². The highest BCUT2D eigenvalue weighted by molar-refractivity contribution is 5.77. The van der Waals surface area contributed by atoms with Gasteiger partial charge in [0.15, 0.2) is 6.61 Å². The van der Waals surface area contributed by atoms with Crippen LogP contribution in [0.25, 0.3) is 0 Å². The number of carbonyl (C=O) groups excluding carboxylic acids is 2. The molecule has 16 heteroatoms. The van der Waals surface area contributed by atoms with Crippen LogP contribution in [0.1, 0.15) is 19.8 Å². The molecule has 0 heterocycles. The molecule has 0 aromatic carbocycles. The van der Waals surface area contributed by atoms with E-state index in [0.717, 1.165) is 0 Å². The largest absolute Gasteiger partial charge is 0.466 e. The third kappa shape index (κ3) is 5.18. The predicted octanol–water partition coefficient (Wildman–Crippen LogP) is 4.31. The van der Waals surface area contributed by atoms with Gasteiger partial charge in [-0.15, -0.1) is 0 Å². The first-order valence-corrected chi connectivity index (χ1v) is 7.28. The lowest BCUT2D eigenvalue weighted by molar-refractivity contribution is -0.414. The second kappa shape index (κ2) is 8.85. The third-order valence-corrected chi connectivity index (χ3v) is 3.19. The van der Waals surface area contributed by atoms with Crippen LogP contribution < -0.4 is 0 Å². The maximum absolute atomic E-state index is 13.3. The minimum atomic E-state index is -7.69. The molecule has 0 aliphatic heterocycles. The molecule has 0 atom stereocenters. The average molecular weight is 460 g/mol. The van der Waals surface area contributed by atoms with Gasteiger partial charge in [-0.3, -0.25) is 9.59 Å². The van der Waals surface area contributed by atoms with Crippen molar-refractivity contribution in [3.8, 4) is 0 Å². The Morgan fingerprint density at radius 2 is 1.14 bits per heavy atom. The molecule has 0 aromatic rings. The number of esters is 2. The minimum absolute atomic E-state index is 0.162. The van der Waals surface area contributed by atoms with Crippen molar-refractivity contribution in [2.45, 2.75) is 55.8 Å². The van der Waals surface area contributed by atoms with Crippen LogP contribution in [0.3, 0.4) is 0 Å². The van der Waals surface area contributed by atoms with Gasteiger partial charge in [0.25, 0.3) is 0 Å². The van der Waals surface area contributed by atoms with Crippen LogP contribution in [0, 0.1) is 0 Å². The van der Waals surface area contributed by atoms with E-state index in [1.54, 1.807) is 0 Å². The van der Waals surface area contributed by atoms with Gasteiger partial charge in [-0.05, 0) is 6.92 Å². The predicted molar refractivity (Wildman–Crippen MR) is 67.6 cm³/mol. The van der Waals surface area contributed by atoms with E-state index in [4.69, 9.17) is 0 Å². The van der Waals surface area contributed by atoms with E-state index in [0.29, 0.717) is 0 Å². The minimum Gasteiger partial charge on any atom is -0.466 e. The van der Waals surface area contributed by atoms with Crippen molar-refractivity contribution in [2.75, 3.05) is 13.2 Å². The zero-order valence-electron chi connectivity index (χ0n) is 14.1. The number of rotatable bonds is 11. The van der Waals surface area contributed by atoms with Gasteiger partial charge in [-0.2, -0.15) is 43.9 Å². The van der Waals surface area contributed by atoms with E-state index < -0.39 is 67.4 Å². The number of hydrogen-bond donors (Lipinski definition) is 0. The highest BCUT2D eigenvalue weighted by Crippen LogP contribution is 2.58. The van der Waals surface area contributed by atoms with Gasteiger partial charge >= 0.3 is 48.0 Å². The summed E-state index contributed by atoms with van der Waals surface area (Å²) < 4.78 is 162. The summed E-state index contributed by atoms with van der Waals surface area (Å²) >= 11 is 0. The van der Waals surface area contributed by atoms with Gasteiger partial charge in [0.1, 0.15) is 0 Å².